The van der Waals surface area contributed by atoms with Gasteiger partial charge in [0.05, 0.1) is 33.3 Å². The first-order chi connectivity index (χ1) is 15.6. The zero-order valence-corrected chi connectivity index (χ0v) is 18.9. The molecule has 0 unspecified atom stereocenters. The number of amides is 2. The maximum absolute atomic E-state index is 13.6. The highest BCUT2D eigenvalue weighted by Gasteiger charge is 2.43. The summed E-state index contributed by atoms with van der Waals surface area (Å²) >= 11 is 0. The molecular formula is C25H30N2O5. The van der Waals surface area contributed by atoms with Gasteiger partial charge in [-0.1, -0.05) is 6.07 Å². The van der Waals surface area contributed by atoms with Gasteiger partial charge in [-0.05, 0) is 61.2 Å². The molecule has 0 aromatic heterocycles. The smallest absolute Gasteiger partial charge is 0.228 e. The molecule has 2 heterocycles. The van der Waals surface area contributed by atoms with Gasteiger partial charge in [-0.3, -0.25) is 9.59 Å². The lowest BCUT2D eigenvalue weighted by molar-refractivity contribution is -0.137. The van der Waals surface area contributed by atoms with Crippen molar-refractivity contribution in [3.05, 3.63) is 48.0 Å². The van der Waals surface area contributed by atoms with Gasteiger partial charge in [0.25, 0.3) is 0 Å². The predicted octanol–water partition coefficient (Wildman–Crippen LogP) is 3.82. The van der Waals surface area contributed by atoms with Gasteiger partial charge in [0.1, 0.15) is 5.75 Å². The second kappa shape index (κ2) is 9.51. The normalized spacial score (nSPS) is 20.9. The molecule has 7 heteroatoms. The highest BCUT2D eigenvalue weighted by Crippen LogP contribution is 2.43. The van der Waals surface area contributed by atoms with Crippen molar-refractivity contribution in [2.75, 3.05) is 39.3 Å². The molecule has 0 N–H and O–H groups in total. The molecule has 2 saturated heterocycles. The fourth-order valence-electron chi connectivity index (χ4n) is 4.79. The summed E-state index contributed by atoms with van der Waals surface area (Å²) in [6.07, 6.45) is 2.92. The van der Waals surface area contributed by atoms with Crippen LogP contribution in [0.5, 0.6) is 17.2 Å². The van der Waals surface area contributed by atoms with E-state index in [0.29, 0.717) is 30.1 Å². The van der Waals surface area contributed by atoms with Crippen LogP contribution in [0.25, 0.3) is 0 Å². The molecule has 2 fully saturated rings. The number of benzene rings is 2. The maximum Gasteiger partial charge on any atom is 0.228 e. The largest absolute Gasteiger partial charge is 0.497 e. The van der Waals surface area contributed by atoms with Gasteiger partial charge in [0.2, 0.25) is 11.8 Å². The van der Waals surface area contributed by atoms with Crippen molar-refractivity contribution in [2.45, 2.75) is 31.7 Å². The molecule has 2 aliphatic rings. The van der Waals surface area contributed by atoms with E-state index < -0.39 is 6.04 Å². The van der Waals surface area contributed by atoms with Crippen LogP contribution in [0.2, 0.25) is 0 Å². The molecule has 0 radical (unpaired) electrons. The number of hydrogen-bond donors (Lipinski definition) is 0. The molecule has 2 aliphatic heterocycles. The molecule has 32 heavy (non-hydrogen) atoms. The van der Waals surface area contributed by atoms with Gasteiger partial charge in [0.15, 0.2) is 11.5 Å². The Labute approximate surface area is 188 Å². The van der Waals surface area contributed by atoms with Crippen LogP contribution in [-0.4, -0.2) is 51.1 Å². The van der Waals surface area contributed by atoms with Crippen LogP contribution in [0.15, 0.2) is 42.5 Å². The summed E-state index contributed by atoms with van der Waals surface area (Å²) < 4.78 is 16.2. The summed E-state index contributed by atoms with van der Waals surface area (Å²) in [5, 5.41) is 0. The predicted molar refractivity (Wildman–Crippen MR) is 121 cm³/mol. The summed E-state index contributed by atoms with van der Waals surface area (Å²) in [4.78, 5) is 30.5. The van der Waals surface area contributed by atoms with Crippen molar-refractivity contribution in [3.63, 3.8) is 0 Å². The summed E-state index contributed by atoms with van der Waals surface area (Å²) in [6.45, 7) is 1.56. The van der Waals surface area contributed by atoms with Crippen molar-refractivity contribution in [3.8, 4) is 17.2 Å². The number of hydrogen-bond acceptors (Lipinski definition) is 5. The second-order valence-corrected chi connectivity index (χ2v) is 8.20. The number of carbonyl (C=O) groups is 2. The van der Waals surface area contributed by atoms with Crippen LogP contribution < -0.4 is 19.1 Å². The Balaban J connectivity index is 1.80. The minimum atomic E-state index is -0.433. The Bertz CT molecular complexity index is 969. The van der Waals surface area contributed by atoms with Gasteiger partial charge in [-0.25, -0.2) is 0 Å². The van der Waals surface area contributed by atoms with E-state index in [-0.39, 0.29) is 17.7 Å². The molecule has 0 aliphatic carbocycles. The first-order valence-corrected chi connectivity index (χ1v) is 11.0. The van der Waals surface area contributed by atoms with Crippen molar-refractivity contribution in [1.82, 2.24) is 4.90 Å². The number of anilines is 1. The number of methoxy groups -OCH3 is 3. The Morgan fingerprint density at radius 3 is 2.22 bits per heavy atom. The lowest BCUT2D eigenvalue weighted by Crippen LogP contribution is -2.48. The summed E-state index contributed by atoms with van der Waals surface area (Å²) in [6, 6.07) is 12.6. The highest BCUT2D eigenvalue weighted by atomic mass is 16.5. The van der Waals surface area contributed by atoms with E-state index in [2.05, 4.69) is 0 Å². The van der Waals surface area contributed by atoms with Gasteiger partial charge in [-0.15, -0.1) is 0 Å². The Morgan fingerprint density at radius 1 is 0.906 bits per heavy atom. The minimum Gasteiger partial charge on any atom is -0.497 e. The second-order valence-electron chi connectivity index (χ2n) is 8.20. The standard InChI is InChI=1S/C25H30N2O5/c1-30-19-9-7-18(8-10-19)27-23(28)13-11-20(25(29)26-14-4-5-15-26)24(27)17-6-12-21(31-2)22(16-17)32-3/h6-10,12,16,20,24H,4-5,11,13-15H2,1-3H3/t20-,24-/m1/s1. The number of ether oxygens (including phenoxy) is 3. The maximum atomic E-state index is 13.6. The number of carbonyl (C=O) groups excluding carboxylic acids is 2. The van der Waals surface area contributed by atoms with Gasteiger partial charge >= 0.3 is 0 Å². The highest BCUT2D eigenvalue weighted by molar-refractivity contribution is 5.97. The topological polar surface area (TPSA) is 68.3 Å². The van der Waals surface area contributed by atoms with E-state index >= 15 is 0 Å². The molecule has 2 amide bonds. The van der Waals surface area contributed by atoms with E-state index in [1.54, 1.807) is 26.2 Å². The number of piperidine rings is 1. The fourth-order valence-corrected chi connectivity index (χ4v) is 4.79. The van der Waals surface area contributed by atoms with E-state index in [9.17, 15) is 9.59 Å². The monoisotopic (exact) mass is 438 g/mol. The third-order valence-corrected chi connectivity index (χ3v) is 6.43. The molecule has 0 bridgehead atoms. The number of rotatable bonds is 6. The van der Waals surface area contributed by atoms with Crippen LogP contribution in [0, 0.1) is 5.92 Å². The molecule has 170 valence electrons. The molecule has 7 nitrogen and oxygen atoms in total. The van der Waals surface area contributed by atoms with Crippen LogP contribution in [-0.2, 0) is 9.59 Å². The number of nitrogens with zero attached hydrogens (tertiary/aromatic N) is 2. The third-order valence-electron chi connectivity index (χ3n) is 6.43. The van der Waals surface area contributed by atoms with Crippen LogP contribution in [0.4, 0.5) is 5.69 Å². The minimum absolute atomic E-state index is 0.000392. The molecule has 2 aromatic carbocycles. The third kappa shape index (κ3) is 4.11. The molecular weight excluding hydrogens is 408 g/mol. The summed E-state index contributed by atoms with van der Waals surface area (Å²) in [7, 11) is 4.78. The molecule has 0 saturated carbocycles. The summed E-state index contributed by atoms with van der Waals surface area (Å²) in [5.74, 6) is 1.69. The Hall–Kier alpha value is -3.22. The van der Waals surface area contributed by atoms with E-state index in [0.717, 1.165) is 37.2 Å². The van der Waals surface area contributed by atoms with Gasteiger partial charge in [-0.2, -0.15) is 0 Å². The van der Waals surface area contributed by atoms with E-state index in [1.807, 2.05) is 47.4 Å². The lowest BCUT2D eigenvalue weighted by Gasteiger charge is -2.42. The number of likely N-dealkylation sites (tertiary alicyclic amines) is 1. The SMILES string of the molecule is COc1ccc(N2C(=O)CC[C@@H](C(=O)N3CCCC3)[C@H]2c2ccc(OC)c(OC)c2)cc1. The van der Waals surface area contributed by atoms with Crippen molar-refractivity contribution >= 4 is 17.5 Å². The van der Waals surface area contributed by atoms with Crippen molar-refractivity contribution in [2.24, 2.45) is 5.92 Å². The quantitative estimate of drug-likeness (QED) is 0.686. The zero-order chi connectivity index (χ0) is 22.7. The molecule has 0 spiro atoms. The van der Waals surface area contributed by atoms with Gasteiger partial charge < -0.3 is 24.0 Å². The Kier molecular flexibility index (Phi) is 6.53. The van der Waals surface area contributed by atoms with Crippen LogP contribution >= 0.6 is 0 Å². The van der Waals surface area contributed by atoms with Crippen LogP contribution in [0.1, 0.15) is 37.3 Å². The molecule has 4 rings (SSSR count). The average Bonchev–Trinajstić information content (AvgIpc) is 3.38. The van der Waals surface area contributed by atoms with Crippen LogP contribution in [0.3, 0.4) is 0 Å². The Morgan fingerprint density at radius 2 is 1.59 bits per heavy atom. The van der Waals surface area contributed by atoms with Crippen molar-refractivity contribution in [1.29, 1.82) is 0 Å². The zero-order valence-electron chi connectivity index (χ0n) is 18.9. The van der Waals surface area contributed by atoms with Gasteiger partial charge in [0, 0.05) is 25.2 Å². The van der Waals surface area contributed by atoms with E-state index in [1.165, 1.54) is 0 Å². The lowest BCUT2D eigenvalue weighted by atomic mass is 9.82. The fraction of sp³-hybridized carbons (Fsp3) is 0.440. The molecule has 2 atom stereocenters. The first-order valence-electron chi connectivity index (χ1n) is 11.0. The first kappa shape index (κ1) is 22.0. The average molecular weight is 439 g/mol. The van der Waals surface area contributed by atoms with Crippen molar-refractivity contribution < 1.29 is 23.8 Å². The van der Waals surface area contributed by atoms with E-state index in [4.69, 9.17) is 14.2 Å². The molecule has 2 aromatic rings. The summed E-state index contributed by atoms with van der Waals surface area (Å²) in [5.41, 5.74) is 1.60.